The third-order valence-corrected chi connectivity index (χ3v) is 3.65. The van der Waals surface area contributed by atoms with Crippen LogP contribution in [0.5, 0.6) is 0 Å². The second-order valence-electron chi connectivity index (χ2n) is 5.07. The fraction of sp³-hybridized carbons (Fsp3) is 0.0625. The smallest absolute Gasteiger partial charge is 0.277 e. The van der Waals surface area contributed by atoms with E-state index in [0.29, 0.717) is 17.1 Å². The molecule has 0 fully saturated rings. The zero-order valence-corrected chi connectivity index (χ0v) is 11.6. The molecule has 6 nitrogen and oxygen atoms in total. The van der Waals surface area contributed by atoms with E-state index in [1.807, 2.05) is 40.9 Å². The van der Waals surface area contributed by atoms with Gasteiger partial charge < -0.3 is 9.72 Å². The summed E-state index contributed by atoms with van der Waals surface area (Å²) < 4.78 is 1.83. The Hall–Kier alpha value is -3.15. The molecule has 0 saturated carbocycles. The molecule has 4 rings (SSSR count). The molecule has 3 aromatic rings. The van der Waals surface area contributed by atoms with Crippen molar-refractivity contribution in [2.45, 2.75) is 0 Å². The second kappa shape index (κ2) is 4.70. The lowest BCUT2D eigenvalue weighted by atomic mass is 10.1. The van der Waals surface area contributed by atoms with Crippen molar-refractivity contribution in [2.24, 2.45) is 0 Å². The van der Waals surface area contributed by atoms with Crippen LogP contribution < -0.4 is 10.2 Å². The van der Waals surface area contributed by atoms with Gasteiger partial charge in [0.15, 0.2) is 0 Å². The predicted molar refractivity (Wildman–Crippen MR) is 81.9 cm³/mol. The fourth-order valence-corrected chi connectivity index (χ4v) is 2.61. The normalized spacial score (nSPS) is 13.8. The number of nitrogens with one attached hydrogen (secondary N) is 1. The Labute approximate surface area is 126 Å². The number of hydrogen-bond donors (Lipinski definition) is 1. The first kappa shape index (κ1) is 12.6. The summed E-state index contributed by atoms with van der Waals surface area (Å²) in [7, 11) is 0. The van der Waals surface area contributed by atoms with E-state index >= 15 is 0 Å². The van der Waals surface area contributed by atoms with Crippen LogP contribution in [0.1, 0.15) is 10.5 Å². The van der Waals surface area contributed by atoms with E-state index in [1.54, 1.807) is 18.5 Å². The molecule has 2 amide bonds. The number of anilines is 2. The van der Waals surface area contributed by atoms with Crippen molar-refractivity contribution in [3.05, 3.63) is 60.7 Å². The molecule has 0 aliphatic carbocycles. The minimum Gasteiger partial charge on any atom is -0.323 e. The number of fused-ring (bicyclic) bond motifs is 2. The van der Waals surface area contributed by atoms with Gasteiger partial charge in [-0.25, -0.2) is 4.98 Å². The molecule has 1 aromatic carbocycles. The maximum Gasteiger partial charge on any atom is 0.277 e. The van der Waals surface area contributed by atoms with Gasteiger partial charge in [0, 0.05) is 11.7 Å². The Morgan fingerprint density at radius 3 is 2.95 bits per heavy atom. The topological polar surface area (TPSA) is 66.7 Å². The van der Waals surface area contributed by atoms with E-state index in [4.69, 9.17) is 0 Å². The van der Waals surface area contributed by atoms with E-state index < -0.39 is 0 Å². The van der Waals surface area contributed by atoms with Crippen LogP contribution in [-0.4, -0.2) is 27.7 Å². The molecule has 0 radical (unpaired) electrons. The molecular formula is C16H12N4O2. The number of aromatic nitrogens is 2. The van der Waals surface area contributed by atoms with Gasteiger partial charge in [-0.2, -0.15) is 0 Å². The Kier molecular flexibility index (Phi) is 2.69. The van der Waals surface area contributed by atoms with Crippen LogP contribution in [0.3, 0.4) is 0 Å². The zero-order valence-electron chi connectivity index (χ0n) is 11.6. The van der Waals surface area contributed by atoms with Crippen molar-refractivity contribution in [3.8, 4) is 0 Å². The minimum atomic E-state index is -0.286. The number of nitrogens with zero attached hydrogens (tertiary/aromatic N) is 3. The monoisotopic (exact) mass is 292 g/mol. The molecule has 0 spiro atoms. The van der Waals surface area contributed by atoms with Crippen molar-refractivity contribution in [2.75, 3.05) is 16.8 Å². The summed E-state index contributed by atoms with van der Waals surface area (Å²) in [5.41, 5.74) is 2.52. The minimum absolute atomic E-state index is 0.0102. The van der Waals surface area contributed by atoms with Crippen molar-refractivity contribution >= 4 is 28.7 Å². The molecule has 1 N–H and O–H groups in total. The van der Waals surface area contributed by atoms with Crippen molar-refractivity contribution in [1.82, 2.24) is 9.38 Å². The first-order valence-electron chi connectivity index (χ1n) is 6.86. The first-order valence-corrected chi connectivity index (χ1v) is 6.86. The highest BCUT2D eigenvalue weighted by molar-refractivity contribution is 6.14. The molecule has 0 unspecified atom stereocenters. The molecule has 0 atom stereocenters. The van der Waals surface area contributed by atoms with Crippen molar-refractivity contribution in [3.63, 3.8) is 0 Å². The zero-order chi connectivity index (χ0) is 15.1. The molecule has 22 heavy (non-hydrogen) atoms. The number of hydrogen-bond acceptors (Lipinski definition) is 3. The third-order valence-electron chi connectivity index (χ3n) is 3.65. The van der Waals surface area contributed by atoms with E-state index in [1.165, 1.54) is 4.90 Å². The lowest BCUT2D eigenvalue weighted by molar-refractivity contribution is -0.115. The SMILES string of the molecule is O=C1CN(C(=O)c2cc3cccn3cn2)c2ccccc2N1. The maximum atomic E-state index is 12.7. The molecule has 3 heterocycles. The van der Waals surface area contributed by atoms with Gasteiger partial charge in [-0.1, -0.05) is 12.1 Å². The van der Waals surface area contributed by atoms with Crippen LogP contribution in [0.2, 0.25) is 0 Å². The highest BCUT2D eigenvalue weighted by Crippen LogP contribution is 2.29. The summed E-state index contributed by atoms with van der Waals surface area (Å²) in [6, 6.07) is 12.7. The van der Waals surface area contributed by atoms with Crippen LogP contribution in [0, 0.1) is 0 Å². The molecule has 2 aromatic heterocycles. The van der Waals surface area contributed by atoms with Gasteiger partial charge in [0.25, 0.3) is 5.91 Å². The highest BCUT2D eigenvalue weighted by atomic mass is 16.2. The van der Waals surface area contributed by atoms with E-state index in [0.717, 1.165) is 5.52 Å². The number of para-hydroxylation sites is 2. The highest BCUT2D eigenvalue weighted by Gasteiger charge is 2.28. The summed E-state index contributed by atoms with van der Waals surface area (Å²) in [5.74, 6) is -0.498. The molecule has 0 saturated heterocycles. The predicted octanol–water partition coefficient (Wildman–Crippen LogP) is 1.93. The average Bonchev–Trinajstić information content (AvgIpc) is 3.00. The first-order chi connectivity index (χ1) is 10.7. The van der Waals surface area contributed by atoms with Gasteiger partial charge in [-0.15, -0.1) is 0 Å². The summed E-state index contributed by atoms with van der Waals surface area (Å²) in [4.78, 5) is 30.2. The number of carbonyl (C=O) groups excluding carboxylic acids is 2. The largest absolute Gasteiger partial charge is 0.323 e. The maximum absolute atomic E-state index is 12.7. The van der Waals surface area contributed by atoms with Gasteiger partial charge >= 0.3 is 0 Å². The fourth-order valence-electron chi connectivity index (χ4n) is 2.61. The lowest BCUT2D eigenvalue weighted by Gasteiger charge is -2.28. The summed E-state index contributed by atoms with van der Waals surface area (Å²) in [5, 5.41) is 2.76. The van der Waals surface area contributed by atoms with Gasteiger partial charge in [-0.05, 0) is 30.3 Å². The third kappa shape index (κ3) is 1.93. The van der Waals surface area contributed by atoms with Gasteiger partial charge in [0.05, 0.1) is 17.7 Å². The summed E-state index contributed by atoms with van der Waals surface area (Å²) in [6.45, 7) is -0.0102. The van der Waals surface area contributed by atoms with Crippen LogP contribution >= 0.6 is 0 Å². The molecule has 0 bridgehead atoms. The van der Waals surface area contributed by atoms with Crippen molar-refractivity contribution < 1.29 is 9.59 Å². The Morgan fingerprint density at radius 2 is 2.05 bits per heavy atom. The number of amides is 2. The summed E-state index contributed by atoms with van der Waals surface area (Å²) in [6.07, 6.45) is 3.46. The molecular weight excluding hydrogens is 280 g/mol. The Balaban J connectivity index is 1.77. The van der Waals surface area contributed by atoms with E-state index in [2.05, 4.69) is 10.3 Å². The Bertz CT molecular complexity index is 900. The van der Waals surface area contributed by atoms with E-state index in [-0.39, 0.29) is 18.4 Å². The van der Waals surface area contributed by atoms with Crippen LogP contribution in [0.25, 0.3) is 5.52 Å². The number of carbonyl (C=O) groups is 2. The van der Waals surface area contributed by atoms with E-state index in [9.17, 15) is 9.59 Å². The molecule has 108 valence electrons. The van der Waals surface area contributed by atoms with Crippen LogP contribution in [-0.2, 0) is 4.79 Å². The standard InChI is InChI=1S/C16H12N4O2/c21-15-9-20(14-6-2-1-5-12(14)18-15)16(22)13-8-11-4-3-7-19(11)10-17-13/h1-8,10H,9H2,(H,18,21). The van der Waals surface area contributed by atoms with Crippen molar-refractivity contribution in [1.29, 1.82) is 0 Å². The lowest BCUT2D eigenvalue weighted by Crippen LogP contribution is -2.42. The van der Waals surface area contributed by atoms with Gasteiger partial charge in [0.2, 0.25) is 5.91 Å². The quantitative estimate of drug-likeness (QED) is 0.745. The average molecular weight is 292 g/mol. The number of benzene rings is 1. The van der Waals surface area contributed by atoms with Gasteiger partial charge in [0.1, 0.15) is 12.2 Å². The second-order valence-corrected chi connectivity index (χ2v) is 5.07. The molecule has 1 aliphatic rings. The van der Waals surface area contributed by atoms with Gasteiger partial charge in [-0.3, -0.25) is 14.5 Å². The summed E-state index contributed by atoms with van der Waals surface area (Å²) >= 11 is 0. The molecule has 6 heteroatoms. The van der Waals surface area contributed by atoms with Crippen LogP contribution in [0.4, 0.5) is 11.4 Å². The van der Waals surface area contributed by atoms with Crippen LogP contribution in [0.15, 0.2) is 55.0 Å². The number of rotatable bonds is 1. The Morgan fingerprint density at radius 1 is 1.18 bits per heavy atom. The molecule has 1 aliphatic heterocycles.